The third kappa shape index (κ3) is 2.89. The van der Waals surface area contributed by atoms with Gasteiger partial charge in [-0.25, -0.2) is 13.2 Å². The number of hydrogen-bond donors (Lipinski definition) is 1. The maximum atomic E-state index is 13.3. The van der Waals surface area contributed by atoms with Gasteiger partial charge in [-0.05, 0) is 19.1 Å². The molecule has 0 aliphatic rings. The summed E-state index contributed by atoms with van der Waals surface area (Å²) >= 11 is 0. The number of likely N-dealkylation sites (N-methyl/N-ethyl adjacent to an activating group) is 1. The van der Waals surface area contributed by atoms with Crippen LogP contribution in [0.2, 0.25) is 0 Å². The summed E-state index contributed by atoms with van der Waals surface area (Å²) in [6, 6.07) is 1.12. The molecule has 0 aromatic heterocycles. The third-order valence-electron chi connectivity index (χ3n) is 2.22. The first-order valence-electron chi connectivity index (χ1n) is 4.95. The molecule has 0 radical (unpaired) electrons. The van der Waals surface area contributed by atoms with Gasteiger partial charge in [0.1, 0.15) is 6.04 Å². The fraction of sp³-hybridized carbons (Fsp3) is 0.364. The van der Waals surface area contributed by atoms with Crippen LogP contribution in [0.3, 0.4) is 0 Å². The number of amides is 1. The Morgan fingerprint density at radius 1 is 1.24 bits per heavy atom. The Hall–Kier alpha value is -1.72. The molecule has 0 aliphatic carbocycles. The van der Waals surface area contributed by atoms with Crippen LogP contribution in [0.4, 0.5) is 18.9 Å². The van der Waals surface area contributed by atoms with E-state index in [4.69, 9.17) is 0 Å². The third-order valence-corrected chi connectivity index (χ3v) is 2.22. The summed E-state index contributed by atoms with van der Waals surface area (Å²) in [5.41, 5.74) is -0.244. The predicted molar refractivity (Wildman–Crippen MR) is 58.1 cm³/mol. The van der Waals surface area contributed by atoms with Crippen molar-refractivity contribution in [2.24, 2.45) is 0 Å². The van der Waals surface area contributed by atoms with E-state index in [0.717, 1.165) is 12.1 Å². The zero-order valence-corrected chi connectivity index (χ0v) is 9.72. The maximum Gasteiger partial charge on any atom is 0.244 e. The Kier molecular flexibility index (Phi) is 3.98. The fourth-order valence-electron chi connectivity index (χ4n) is 1.32. The molecule has 1 rings (SSSR count). The van der Waals surface area contributed by atoms with Crippen LogP contribution in [0, 0.1) is 17.5 Å². The first-order chi connectivity index (χ1) is 7.84. The van der Waals surface area contributed by atoms with E-state index < -0.39 is 23.5 Å². The Labute approximate surface area is 97.2 Å². The van der Waals surface area contributed by atoms with Gasteiger partial charge in [-0.3, -0.25) is 4.79 Å². The summed E-state index contributed by atoms with van der Waals surface area (Å²) in [5, 5.41) is 2.49. The van der Waals surface area contributed by atoms with Gasteiger partial charge in [0.25, 0.3) is 0 Å². The van der Waals surface area contributed by atoms with Crippen molar-refractivity contribution in [1.29, 1.82) is 0 Å². The lowest BCUT2D eigenvalue weighted by Crippen LogP contribution is -2.36. The van der Waals surface area contributed by atoms with Crippen molar-refractivity contribution >= 4 is 11.6 Å². The van der Waals surface area contributed by atoms with Gasteiger partial charge in [0, 0.05) is 14.1 Å². The minimum absolute atomic E-state index is 0.244. The Morgan fingerprint density at radius 3 is 2.35 bits per heavy atom. The van der Waals surface area contributed by atoms with Crippen LogP contribution in [0.15, 0.2) is 12.1 Å². The van der Waals surface area contributed by atoms with Crippen LogP contribution >= 0.6 is 0 Å². The highest BCUT2D eigenvalue weighted by molar-refractivity contribution is 5.83. The summed E-state index contributed by atoms with van der Waals surface area (Å²) in [4.78, 5) is 12.8. The van der Waals surface area contributed by atoms with E-state index in [-0.39, 0.29) is 11.6 Å². The first kappa shape index (κ1) is 13.3. The van der Waals surface area contributed by atoms with Crippen molar-refractivity contribution < 1.29 is 18.0 Å². The van der Waals surface area contributed by atoms with Gasteiger partial charge in [0.15, 0.2) is 17.5 Å². The summed E-state index contributed by atoms with van der Waals surface area (Å²) in [7, 11) is 3.09. The SMILES string of the molecule is CC(Nc1ccc(F)c(F)c1F)C(=O)N(C)C. The number of anilines is 1. The molecule has 1 amide bonds. The van der Waals surface area contributed by atoms with Crippen LogP contribution in [-0.4, -0.2) is 30.9 Å². The second-order valence-electron chi connectivity index (χ2n) is 3.82. The summed E-state index contributed by atoms with van der Waals surface area (Å²) in [6.07, 6.45) is 0. The number of carbonyl (C=O) groups is 1. The van der Waals surface area contributed by atoms with Crippen molar-refractivity contribution in [1.82, 2.24) is 4.90 Å². The molecule has 0 fully saturated rings. The first-order valence-corrected chi connectivity index (χ1v) is 4.95. The van der Waals surface area contributed by atoms with E-state index >= 15 is 0 Å². The Morgan fingerprint density at radius 2 is 1.82 bits per heavy atom. The number of carbonyl (C=O) groups excluding carboxylic acids is 1. The van der Waals surface area contributed by atoms with Crippen molar-refractivity contribution in [3.63, 3.8) is 0 Å². The van der Waals surface area contributed by atoms with Crippen LogP contribution in [0.5, 0.6) is 0 Å². The number of benzene rings is 1. The number of hydrogen-bond acceptors (Lipinski definition) is 2. The lowest BCUT2D eigenvalue weighted by molar-refractivity contribution is -0.129. The molecule has 6 heteroatoms. The van der Waals surface area contributed by atoms with E-state index in [2.05, 4.69) is 5.32 Å². The van der Waals surface area contributed by atoms with E-state index in [0.29, 0.717) is 0 Å². The second-order valence-corrected chi connectivity index (χ2v) is 3.82. The number of halogens is 3. The highest BCUT2D eigenvalue weighted by Gasteiger charge is 2.19. The van der Waals surface area contributed by atoms with Crippen LogP contribution < -0.4 is 5.32 Å². The average Bonchev–Trinajstić information content (AvgIpc) is 2.28. The highest BCUT2D eigenvalue weighted by Crippen LogP contribution is 2.20. The van der Waals surface area contributed by atoms with Crippen LogP contribution in [0.25, 0.3) is 0 Å². The monoisotopic (exact) mass is 246 g/mol. The molecular weight excluding hydrogens is 233 g/mol. The lowest BCUT2D eigenvalue weighted by Gasteiger charge is -2.19. The van der Waals surface area contributed by atoms with Crippen LogP contribution in [-0.2, 0) is 4.79 Å². The summed E-state index contributed by atoms with van der Waals surface area (Å²) in [6.45, 7) is 1.50. The summed E-state index contributed by atoms with van der Waals surface area (Å²) in [5.74, 6) is -4.45. The number of rotatable bonds is 3. The van der Waals surface area contributed by atoms with Gasteiger partial charge in [-0.2, -0.15) is 0 Å². The van der Waals surface area contributed by atoms with E-state index in [9.17, 15) is 18.0 Å². The zero-order chi connectivity index (χ0) is 13.2. The van der Waals surface area contributed by atoms with Crippen LogP contribution in [0.1, 0.15) is 6.92 Å². The Balaban J connectivity index is 2.90. The minimum Gasteiger partial charge on any atom is -0.371 e. The zero-order valence-electron chi connectivity index (χ0n) is 9.72. The fourth-order valence-corrected chi connectivity index (χ4v) is 1.32. The summed E-state index contributed by atoms with van der Waals surface area (Å²) < 4.78 is 38.9. The molecule has 0 saturated heterocycles. The van der Waals surface area contributed by atoms with Crippen molar-refractivity contribution in [2.45, 2.75) is 13.0 Å². The molecule has 1 N–H and O–H groups in total. The molecule has 3 nitrogen and oxygen atoms in total. The second kappa shape index (κ2) is 5.07. The van der Waals surface area contributed by atoms with Gasteiger partial charge < -0.3 is 10.2 Å². The molecule has 0 bridgehead atoms. The molecule has 0 heterocycles. The standard InChI is InChI=1S/C11H13F3N2O/c1-6(11(17)16(2)3)15-8-5-4-7(12)9(13)10(8)14/h4-6,15H,1-3H3. The average molecular weight is 246 g/mol. The molecule has 1 aromatic rings. The Bertz CT molecular complexity index is 435. The highest BCUT2D eigenvalue weighted by atomic mass is 19.2. The van der Waals surface area contributed by atoms with Crippen molar-refractivity contribution in [2.75, 3.05) is 19.4 Å². The molecule has 94 valence electrons. The smallest absolute Gasteiger partial charge is 0.244 e. The van der Waals surface area contributed by atoms with Crippen molar-refractivity contribution in [3.8, 4) is 0 Å². The normalized spacial score (nSPS) is 12.1. The van der Waals surface area contributed by atoms with Gasteiger partial charge >= 0.3 is 0 Å². The maximum absolute atomic E-state index is 13.3. The van der Waals surface area contributed by atoms with E-state index in [1.165, 1.54) is 11.8 Å². The quantitative estimate of drug-likeness (QED) is 0.827. The molecule has 1 aromatic carbocycles. The molecule has 0 spiro atoms. The van der Waals surface area contributed by atoms with Gasteiger partial charge in [-0.15, -0.1) is 0 Å². The largest absolute Gasteiger partial charge is 0.371 e. The topological polar surface area (TPSA) is 32.3 Å². The van der Waals surface area contributed by atoms with E-state index in [1.807, 2.05) is 0 Å². The van der Waals surface area contributed by atoms with Gasteiger partial charge in [-0.1, -0.05) is 0 Å². The minimum atomic E-state index is -1.56. The van der Waals surface area contributed by atoms with Gasteiger partial charge in [0.05, 0.1) is 5.69 Å². The molecule has 1 atom stereocenters. The molecule has 0 aliphatic heterocycles. The van der Waals surface area contributed by atoms with Crippen molar-refractivity contribution in [3.05, 3.63) is 29.6 Å². The number of nitrogens with one attached hydrogen (secondary N) is 1. The molecule has 0 saturated carbocycles. The van der Waals surface area contributed by atoms with Gasteiger partial charge in [0.2, 0.25) is 5.91 Å². The lowest BCUT2D eigenvalue weighted by atomic mass is 10.2. The molecule has 17 heavy (non-hydrogen) atoms. The molecular formula is C11H13F3N2O. The number of nitrogens with zero attached hydrogens (tertiary/aromatic N) is 1. The molecule has 1 unspecified atom stereocenters. The van der Waals surface area contributed by atoms with E-state index in [1.54, 1.807) is 14.1 Å². The predicted octanol–water partition coefficient (Wildman–Crippen LogP) is 1.99.